The van der Waals surface area contributed by atoms with Crippen LogP contribution in [0.15, 0.2) is 58.5 Å². The molecular weight excluding hydrogens is 410 g/mol. The molecule has 2 aliphatic heterocycles. The van der Waals surface area contributed by atoms with E-state index in [-0.39, 0.29) is 12.7 Å². The third-order valence-electron chi connectivity index (χ3n) is 4.58. The average molecular weight is 424 g/mol. The number of hydrazone groups is 1. The quantitative estimate of drug-likeness (QED) is 0.556. The van der Waals surface area contributed by atoms with Crippen LogP contribution in [0.1, 0.15) is 12.5 Å². The standard InChI is InChI=1S/C21H14ClN3O3S/c1-12-16(8-13-2-7-18-19(9-13)28-11-27-18)20(26)25(24-12)21-23-17(10-29-21)14-3-5-15(22)6-4-14/h2-10H,11H2,1H3/b16-8-. The van der Waals surface area contributed by atoms with Gasteiger partial charge in [-0.15, -0.1) is 11.3 Å². The van der Waals surface area contributed by atoms with Crippen LogP contribution in [0, 0.1) is 0 Å². The fourth-order valence-corrected chi connectivity index (χ4v) is 4.00. The Morgan fingerprint density at radius 2 is 1.93 bits per heavy atom. The number of hydrogen-bond acceptors (Lipinski definition) is 6. The first kappa shape index (κ1) is 17.9. The summed E-state index contributed by atoms with van der Waals surface area (Å²) in [5.41, 5.74) is 3.70. The van der Waals surface area contributed by atoms with Crippen LogP contribution in [0.4, 0.5) is 5.13 Å². The minimum Gasteiger partial charge on any atom is -0.454 e. The summed E-state index contributed by atoms with van der Waals surface area (Å²) in [4.78, 5) is 17.6. The highest BCUT2D eigenvalue weighted by Gasteiger charge is 2.31. The highest BCUT2D eigenvalue weighted by Crippen LogP contribution is 2.35. The number of rotatable bonds is 3. The second-order valence-electron chi connectivity index (χ2n) is 6.50. The first-order valence-electron chi connectivity index (χ1n) is 8.81. The number of aromatic nitrogens is 1. The molecular formula is C21H14ClN3O3S. The number of ether oxygens (including phenoxy) is 2. The Morgan fingerprint density at radius 3 is 2.76 bits per heavy atom. The van der Waals surface area contributed by atoms with Crippen LogP contribution in [0.5, 0.6) is 11.5 Å². The van der Waals surface area contributed by atoms with Gasteiger partial charge in [0, 0.05) is 16.0 Å². The van der Waals surface area contributed by atoms with E-state index >= 15 is 0 Å². The molecule has 0 radical (unpaired) electrons. The summed E-state index contributed by atoms with van der Waals surface area (Å²) in [7, 11) is 0. The molecule has 29 heavy (non-hydrogen) atoms. The number of anilines is 1. The minimum absolute atomic E-state index is 0.211. The molecule has 0 unspecified atom stereocenters. The van der Waals surface area contributed by atoms with Gasteiger partial charge < -0.3 is 9.47 Å². The molecule has 8 heteroatoms. The van der Waals surface area contributed by atoms with Gasteiger partial charge in [0.1, 0.15) is 0 Å². The molecule has 1 aromatic heterocycles. The van der Waals surface area contributed by atoms with Crippen LogP contribution < -0.4 is 14.5 Å². The number of fused-ring (bicyclic) bond motifs is 1. The van der Waals surface area contributed by atoms with Crippen molar-refractivity contribution in [2.24, 2.45) is 5.10 Å². The smallest absolute Gasteiger partial charge is 0.282 e. The highest BCUT2D eigenvalue weighted by molar-refractivity contribution is 7.14. The van der Waals surface area contributed by atoms with Gasteiger partial charge in [-0.1, -0.05) is 29.8 Å². The van der Waals surface area contributed by atoms with Gasteiger partial charge >= 0.3 is 0 Å². The zero-order chi connectivity index (χ0) is 20.0. The summed E-state index contributed by atoms with van der Waals surface area (Å²) in [6.07, 6.45) is 1.80. The molecule has 5 rings (SSSR count). The molecule has 3 heterocycles. The summed E-state index contributed by atoms with van der Waals surface area (Å²) >= 11 is 7.31. The van der Waals surface area contributed by atoms with Gasteiger partial charge in [0.15, 0.2) is 11.5 Å². The Hall–Kier alpha value is -3.16. The first-order chi connectivity index (χ1) is 14.1. The molecule has 2 aromatic carbocycles. The molecule has 0 bridgehead atoms. The summed E-state index contributed by atoms with van der Waals surface area (Å²) in [5, 5.41) is 8.84. The average Bonchev–Trinajstić information content (AvgIpc) is 3.44. The van der Waals surface area contributed by atoms with E-state index in [0.29, 0.717) is 32.9 Å². The largest absolute Gasteiger partial charge is 0.454 e. The van der Waals surface area contributed by atoms with Crippen LogP contribution in [-0.2, 0) is 4.79 Å². The van der Waals surface area contributed by atoms with Crippen molar-refractivity contribution >= 4 is 45.8 Å². The molecule has 0 N–H and O–H groups in total. The van der Waals surface area contributed by atoms with Gasteiger partial charge in [0.2, 0.25) is 11.9 Å². The molecule has 0 fully saturated rings. The van der Waals surface area contributed by atoms with Crippen molar-refractivity contribution in [2.45, 2.75) is 6.92 Å². The van der Waals surface area contributed by atoms with Crippen LogP contribution >= 0.6 is 22.9 Å². The number of nitrogens with zero attached hydrogens (tertiary/aromatic N) is 3. The number of halogens is 1. The van der Waals surface area contributed by atoms with Crippen molar-refractivity contribution < 1.29 is 14.3 Å². The zero-order valence-electron chi connectivity index (χ0n) is 15.3. The fraction of sp³-hybridized carbons (Fsp3) is 0.0952. The second kappa shape index (κ2) is 7.02. The van der Waals surface area contributed by atoms with Crippen LogP contribution in [0.25, 0.3) is 17.3 Å². The summed E-state index contributed by atoms with van der Waals surface area (Å²) in [6.45, 7) is 2.02. The monoisotopic (exact) mass is 423 g/mol. The van der Waals surface area contributed by atoms with Gasteiger partial charge in [-0.2, -0.15) is 10.1 Å². The van der Waals surface area contributed by atoms with E-state index < -0.39 is 0 Å². The van der Waals surface area contributed by atoms with E-state index in [0.717, 1.165) is 16.8 Å². The predicted octanol–water partition coefficient (Wildman–Crippen LogP) is 5.00. The topological polar surface area (TPSA) is 64.0 Å². The molecule has 0 aliphatic carbocycles. The molecule has 2 aliphatic rings. The summed E-state index contributed by atoms with van der Waals surface area (Å²) in [5.74, 6) is 1.16. The van der Waals surface area contributed by atoms with Crippen LogP contribution in [0.2, 0.25) is 5.02 Å². The lowest BCUT2D eigenvalue weighted by molar-refractivity contribution is -0.114. The van der Waals surface area contributed by atoms with Crippen molar-refractivity contribution in [3.63, 3.8) is 0 Å². The van der Waals surface area contributed by atoms with E-state index in [1.165, 1.54) is 16.3 Å². The van der Waals surface area contributed by atoms with Gasteiger partial charge in [0.05, 0.1) is 17.0 Å². The number of thiazole rings is 1. The van der Waals surface area contributed by atoms with Crippen molar-refractivity contribution in [1.82, 2.24) is 4.98 Å². The van der Waals surface area contributed by atoms with E-state index in [1.54, 1.807) is 6.08 Å². The highest BCUT2D eigenvalue weighted by atomic mass is 35.5. The normalized spacial score (nSPS) is 16.6. The molecule has 1 amide bonds. The van der Waals surface area contributed by atoms with Crippen LogP contribution in [0.3, 0.4) is 0 Å². The summed E-state index contributed by atoms with van der Waals surface area (Å²) < 4.78 is 10.7. The maximum atomic E-state index is 13.0. The van der Waals surface area contributed by atoms with E-state index in [9.17, 15) is 4.79 Å². The zero-order valence-corrected chi connectivity index (χ0v) is 16.8. The van der Waals surface area contributed by atoms with E-state index in [2.05, 4.69) is 10.1 Å². The second-order valence-corrected chi connectivity index (χ2v) is 7.77. The summed E-state index contributed by atoms with van der Waals surface area (Å²) in [6, 6.07) is 13.0. The minimum atomic E-state index is -0.211. The Kier molecular flexibility index (Phi) is 4.34. The van der Waals surface area contributed by atoms with Crippen LogP contribution in [-0.4, -0.2) is 23.4 Å². The van der Waals surface area contributed by atoms with Gasteiger partial charge in [-0.3, -0.25) is 4.79 Å². The van der Waals surface area contributed by atoms with Crippen molar-refractivity contribution in [2.75, 3.05) is 11.8 Å². The molecule has 0 spiro atoms. The van der Waals surface area contributed by atoms with Crippen molar-refractivity contribution in [3.8, 4) is 22.8 Å². The fourth-order valence-electron chi connectivity index (χ4n) is 3.10. The Bertz CT molecular complexity index is 1180. The predicted molar refractivity (Wildman–Crippen MR) is 114 cm³/mol. The maximum Gasteiger partial charge on any atom is 0.282 e. The lowest BCUT2D eigenvalue weighted by Crippen LogP contribution is -2.21. The molecule has 0 saturated carbocycles. The van der Waals surface area contributed by atoms with E-state index in [1.807, 2.05) is 54.8 Å². The number of carbonyl (C=O) groups is 1. The number of hydrogen-bond donors (Lipinski definition) is 0. The molecule has 0 atom stereocenters. The number of carbonyl (C=O) groups excluding carboxylic acids is 1. The van der Waals surface area contributed by atoms with Gasteiger partial charge in [-0.25, -0.2) is 4.98 Å². The lowest BCUT2D eigenvalue weighted by atomic mass is 10.1. The SMILES string of the molecule is CC1=NN(c2nc(-c3ccc(Cl)cc3)cs2)C(=O)/C1=C\c1ccc2c(c1)OCO2. The lowest BCUT2D eigenvalue weighted by Gasteiger charge is -2.07. The third-order valence-corrected chi connectivity index (χ3v) is 5.65. The van der Waals surface area contributed by atoms with Crippen molar-refractivity contribution in [1.29, 1.82) is 0 Å². The number of benzene rings is 2. The molecule has 0 saturated heterocycles. The Morgan fingerprint density at radius 1 is 1.14 bits per heavy atom. The molecule has 6 nitrogen and oxygen atoms in total. The van der Waals surface area contributed by atoms with Gasteiger partial charge in [0.25, 0.3) is 5.91 Å². The third kappa shape index (κ3) is 3.28. The Balaban J connectivity index is 1.42. The van der Waals surface area contributed by atoms with Gasteiger partial charge in [-0.05, 0) is 42.8 Å². The maximum absolute atomic E-state index is 13.0. The molecule has 144 valence electrons. The molecule has 3 aromatic rings. The van der Waals surface area contributed by atoms with Crippen molar-refractivity contribution in [3.05, 3.63) is 64.0 Å². The Labute approximate surface area is 175 Å². The number of amides is 1. The van der Waals surface area contributed by atoms with E-state index in [4.69, 9.17) is 21.1 Å². The first-order valence-corrected chi connectivity index (χ1v) is 10.1.